The Hall–Kier alpha value is -2.90. The van der Waals surface area contributed by atoms with E-state index in [9.17, 15) is 27.2 Å². The lowest BCUT2D eigenvalue weighted by Crippen LogP contribution is -2.16. The van der Waals surface area contributed by atoms with Crippen molar-refractivity contribution in [3.05, 3.63) is 64.7 Å². The largest absolute Gasteiger partial charge is 0.462 e. The molecule has 24 heavy (non-hydrogen) atoms. The second-order valence-corrected chi connectivity index (χ2v) is 4.60. The first-order valence-corrected chi connectivity index (χ1v) is 6.76. The molecule has 126 valence electrons. The van der Waals surface area contributed by atoms with Crippen LogP contribution in [0.3, 0.4) is 0 Å². The monoisotopic (exact) mass is 341 g/mol. The van der Waals surface area contributed by atoms with Crippen molar-refractivity contribution in [2.45, 2.75) is 6.92 Å². The molecule has 0 unspecified atom stereocenters. The van der Waals surface area contributed by atoms with Crippen molar-refractivity contribution in [1.82, 2.24) is 0 Å². The average Bonchev–Trinajstić information content (AvgIpc) is 2.56. The number of hydrogen-bond acceptors (Lipinski definition) is 3. The van der Waals surface area contributed by atoms with Crippen LogP contribution >= 0.6 is 0 Å². The standard InChI is InChI=1S/C16H11F4NO3/c1-2-24-16(23)8-4-3-5-9(6-8)21-15(22)10-7-11(17)13(19)14(20)12(10)18/h3-7H,2H2,1H3,(H,21,22). The van der Waals surface area contributed by atoms with Gasteiger partial charge in [-0.25, -0.2) is 22.4 Å². The van der Waals surface area contributed by atoms with Crippen molar-refractivity contribution in [1.29, 1.82) is 0 Å². The minimum absolute atomic E-state index is 0.0649. The number of amides is 1. The van der Waals surface area contributed by atoms with Gasteiger partial charge in [-0.1, -0.05) is 6.07 Å². The second-order valence-electron chi connectivity index (χ2n) is 4.60. The summed E-state index contributed by atoms with van der Waals surface area (Å²) in [6.45, 7) is 1.76. The van der Waals surface area contributed by atoms with Crippen molar-refractivity contribution < 1.29 is 31.9 Å². The average molecular weight is 341 g/mol. The summed E-state index contributed by atoms with van der Waals surface area (Å²) in [6.07, 6.45) is 0. The molecule has 2 aromatic carbocycles. The van der Waals surface area contributed by atoms with Gasteiger partial charge in [-0.15, -0.1) is 0 Å². The van der Waals surface area contributed by atoms with E-state index in [1.54, 1.807) is 6.92 Å². The van der Waals surface area contributed by atoms with Gasteiger partial charge in [-0.05, 0) is 31.2 Å². The normalized spacial score (nSPS) is 10.4. The first-order chi connectivity index (χ1) is 11.3. The van der Waals surface area contributed by atoms with Crippen LogP contribution in [0.25, 0.3) is 0 Å². The molecule has 2 aromatic rings. The summed E-state index contributed by atoms with van der Waals surface area (Å²) in [4.78, 5) is 23.5. The first kappa shape index (κ1) is 17.5. The molecule has 8 heteroatoms. The SMILES string of the molecule is CCOC(=O)c1cccc(NC(=O)c2cc(F)c(F)c(F)c2F)c1. The van der Waals surface area contributed by atoms with Crippen LogP contribution in [0.15, 0.2) is 30.3 Å². The van der Waals surface area contributed by atoms with Gasteiger partial charge in [0, 0.05) is 5.69 Å². The third-order valence-corrected chi connectivity index (χ3v) is 2.98. The van der Waals surface area contributed by atoms with Crippen LogP contribution in [0.2, 0.25) is 0 Å². The number of carbonyl (C=O) groups excluding carboxylic acids is 2. The smallest absolute Gasteiger partial charge is 0.338 e. The Labute approximate surface area is 134 Å². The molecule has 4 nitrogen and oxygen atoms in total. The lowest BCUT2D eigenvalue weighted by atomic mass is 10.1. The van der Waals surface area contributed by atoms with Gasteiger partial charge in [0.25, 0.3) is 5.91 Å². The molecule has 0 aliphatic heterocycles. The van der Waals surface area contributed by atoms with Crippen molar-refractivity contribution in [3.8, 4) is 0 Å². The van der Waals surface area contributed by atoms with Crippen LogP contribution in [0.5, 0.6) is 0 Å². The highest BCUT2D eigenvalue weighted by atomic mass is 19.2. The van der Waals surface area contributed by atoms with E-state index in [1.807, 2.05) is 0 Å². The van der Waals surface area contributed by atoms with Crippen LogP contribution < -0.4 is 5.32 Å². The Morgan fingerprint density at radius 3 is 2.42 bits per heavy atom. The Morgan fingerprint density at radius 2 is 1.75 bits per heavy atom. The summed E-state index contributed by atoms with van der Waals surface area (Å²) in [5, 5.41) is 2.17. The first-order valence-electron chi connectivity index (χ1n) is 6.76. The van der Waals surface area contributed by atoms with Crippen LogP contribution in [0.1, 0.15) is 27.6 Å². The molecule has 0 saturated heterocycles. The fourth-order valence-corrected chi connectivity index (χ4v) is 1.87. The summed E-state index contributed by atoms with van der Waals surface area (Å²) >= 11 is 0. The van der Waals surface area contributed by atoms with Gasteiger partial charge in [0.15, 0.2) is 23.3 Å². The molecule has 0 spiro atoms. The Kier molecular flexibility index (Phi) is 5.18. The summed E-state index contributed by atoms with van der Waals surface area (Å²) in [7, 11) is 0. The minimum atomic E-state index is -2.08. The molecule has 0 bridgehead atoms. The Balaban J connectivity index is 2.28. The van der Waals surface area contributed by atoms with Crippen LogP contribution in [-0.2, 0) is 4.74 Å². The van der Waals surface area contributed by atoms with E-state index < -0.39 is 40.7 Å². The summed E-state index contributed by atoms with van der Waals surface area (Å²) in [6, 6.07) is 5.70. The van der Waals surface area contributed by atoms with Crippen LogP contribution in [-0.4, -0.2) is 18.5 Å². The number of carbonyl (C=O) groups is 2. The maximum absolute atomic E-state index is 13.6. The number of anilines is 1. The lowest BCUT2D eigenvalue weighted by Gasteiger charge is -2.09. The van der Waals surface area contributed by atoms with Crippen LogP contribution in [0.4, 0.5) is 23.2 Å². The molecule has 0 atom stereocenters. The zero-order chi connectivity index (χ0) is 17.9. The van der Waals surface area contributed by atoms with Gasteiger partial charge in [0.05, 0.1) is 17.7 Å². The number of rotatable bonds is 4. The zero-order valence-corrected chi connectivity index (χ0v) is 12.3. The predicted octanol–water partition coefficient (Wildman–Crippen LogP) is 3.67. The summed E-state index contributed by atoms with van der Waals surface area (Å²) in [5.41, 5.74) is -0.824. The molecule has 0 aromatic heterocycles. The third-order valence-electron chi connectivity index (χ3n) is 2.98. The maximum Gasteiger partial charge on any atom is 0.338 e. The number of benzene rings is 2. The number of esters is 1. The molecule has 0 radical (unpaired) electrons. The third kappa shape index (κ3) is 3.53. The number of nitrogens with one attached hydrogen (secondary N) is 1. The van der Waals surface area contributed by atoms with Crippen molar-refractivity contribution in [2.24, 2.45) is 0 Å². The van der Waals surface area contributed by atoms with E-state index in [-0.39, 0.29) is 23.9 Å². The van der Waals surface area contributed by atoms with Gasteiger partial charge >= 0.3 is 5.97 Å². The van der Waals surface area contributed by atoms with Crippen molar-refractivity contribution >= 4 is 17.6 Å². The highest BCUT2D eigenvalue weighted by Crippen LogP contribution is 2.20. The summed E-state index contributed by atoms with van der Waals surface area (Å²) < 4.78 is 57.6. The molecule has 0 aliphatic rings. The quantitative estimate of drug-likeness (QED) is 0.400. The van der Waals surface area contributed by atoms with Gasteiger partial charge < -0.3 is 10.1 Å². The molecular formula is C16H11F4NO3. The van der Waals surface area contributed by atoms with E-state index in [2.05, 4.69) is 5.32 Å². The molecule has 0 fully saturated rings. The Morgan fingerprint density at radius 1 is 1.04 bits per heavy atom. The van der Waals surface area contributed by atoms with Gasteiger partial charge in [0.2, 0.25) is 0 Å². The molecular weight excluding hydrogens is 330 g/mol. The van der Waals surface area contributed by atoms with Crippen molar-refractivity contribution in [2.75, 3.05) is 11.9 Å². The topological polar surface area (TPSA) is 55.4 Å². The second kappa shape index (κ2) is 7.12. The highest BCUT2D eigenvalue weighted by Gasteiger charge is 2.23. The van der Waals surface area contributed by atoms with E-state index in [0.29, 0.717) is 0 Å². The Bertz CT molecular complexity index is 808. The van der Waals surface area contributed by atoms with Crippen molar-refractivity contribution in [3.63, 3.8) is 0 Å². The van der Waals surface area contributed by atoms with E-state index >= 15 is 0 Å². The lowest BCUT2D eigenvalue weighted by molar-refractivity contribution is 0.0526. The van der Waals surface area contributed by atoms with Gasteiger partial charge in [0.1, 0.15) is 0 Å². The summed E-state index contributed by atoms with van der Waals surface area (Å²) in [5.74, 6) is -9.44. The van der Waals surface area contributed by atoms with Crippen LogP contribution in [0, 0.1) is 23.3 Å². The molecule has 1 amide bonds. The molecule has 1 N–H and O–H groups in total. The fourth-order valence-electron chi connectivity index (χ4n) is 1.87. The van der Waals surface area contributed by atoms with E-state index in [0.717, 1.165) is 0 Å². The molecule has 0 heterocycles. The zero-order valence-electron chi connectivity index (χ0n) is 12.3. The predicted molar refractivity (Wildman–Crippen MR) is 76.6 cm³/mol. The fraction of sp³-hybridized carbons (Fsp3) is 0.125. The minimum Gasteiger partial charge on any atom is -0.462 e. The van der Waals surface area contributed by atoms with Gasteiger partial charge in [-0.2, -0.15) is 0 Å². The molecule has 0 saturated carbocycles. The maximum atomic E-state index is 13.6. The highest BCUT2D eigenvalue weighted by molar-refractivity contribution is 6.05. The number of ether oxygens (including phenoxy) is 1. The van der Waals surface area contributed by atoms with Gasteiger partial charge in [-0.3, -0.25) is 4.79 Å². The molecule has 2 rings (SSSR count). The van der Waals surface area contributed by atoms with E-state index in [1.165, 1.54) is 24.3 Å². The molecule has 0 aliphatic carbocycles. The number of halogens is 4. The van der Waals surface area contributed by atoms with E-state index in [4.69, 9.17) is 4.74 Å². The number of hydrogen-bond donors (Lipinski definition) is 1.